The number of carbonyl (C=O) groups excluding carboxylic acids is 4. The minimum atomic E-state index is -0.830. The summed E-state index contributed by atoms with van der Waals surface area (Å²) in [7, 11) is 0. The van der Waals surface area contributed by atoms with E-state index in [1.165, 1.54) is 13.8 Å². The van der Waals surface area contributed by atoms with E-state index in [2.05, 4.69) is 0 Å². The first-order chi connectivity index (χ1) is 8.62. The normalized spacial score (nSPS) is 10.7. The highest BCUT2D eigenvalue weighted by molar-refractivity contribution is 5.94. The summed E-state index contributed by atoms with van der Waals surface area (Å²) in [6.07, 6.45) is -0.238. The SMILES string of the molecule is CC(=O)CC(=O)OCCC(C)(C)OC(=O)CC(C)=O. The Morgan fingerprint density at radius 3 is 1.84 bits per heavy atom. The molecule has 0 radical (unpaired) electrons. The van der Waals surface area contributed by atoms with Crippen LogP contribution < -0.4 is 0 Å². The van der Waals surface area contributed by atoms with E-state index >= 15 is 0 Å². The van der Waals surface area contributed by atoms with Crippen LogP contribution in [0.5, 0.6) is 0 Å². The molecule has 0 aromatic carbocycles. The van der Waals surface area contributed by atoms with Crippen molar-refractivity contribution in [1.29, 1.82) is 0 Å². The first kappa shape index (κ1) is 17.3. The Balaban J connectivity index is 4.03. The fourth-order valence-electron chi connectivity index (χ4n) is 1.26. The molecule has 0 rings (SSSR count). The van der Waals surface area contributed by atoms with Crippen molar-refractivity contribution >= 4 is 23.5 Å². The van der Waals surface area contributed by atoms with E-state index < -0.39 is 17.5 Å². The van der Waals surface area contributed by atoms with Crippen LogP contribution in [0.4, 0.5) is 0 Å². The van der Waals surface area contributed by atoms with E-state index in [1.54, 1.807) is 13.8 Å². The molecule has 0 spiro atoms. The molecule has 0 fully saturated rings. The molecule has 0 N–H and O–H groups in total. The third kappa shape index (κ3) is 9.93. The lowest BCUT2D eigenvalue weighted by Crippen LogP contribution is -2.30. The molecule has 0 saturated heterocycles. The van der Waals surface area contributed by atoms with Gasteiger partial charge in [0.15, 0.2) is 0 Å². The highest BCUT2D eigenvalue weighted by Gasteiger charge is 2.24. The number of esters is 2. The third-order valence-corrected chi connectivity index (χ3v) is 2.14. The van der Waals surface area contributed by atoms with Gasteiger partial charge in [0, 0.05) is 6.42 Å². The molecule has 6 nitrogen and oxygen atoms in total. The number of ether oxygens (including phenoxy) is 2. The Labute approximate surface area is 112 Å². The minimum absolute atomic E-state index is 0.0481. The summed E-state index contributed by atoms with van der Waals surface area (Å²) in [5.74, 6) is -1.74. The molecular formula is C13H20O6. The van der Waals surface area contributed by atoms with E-state index in [9.17, 15) is 19.2 Å². The van der Waals surface area contributed by atoms with Gasteiger partial charge in [-0.15, -0.1) is 0 Å². The lowest BCUT2D eigenvalue weighted by Gasteiger charge is -2.24. The Hall–Kier alpha value is -1.72. The van der Waals surface area contributed by atoms with Gasteiger partial charge in [0.1, 0.15) is 30.0 Å². The topological polar surface area (TPSA) is 86.7 Å². The lowest BCUT2D eigenvalue weighted by atomic mass is 10.1. The Morgan fingerprint density at radius 1 is 0.895 bits per heavy atom. The second-order valence-corrected chi connectivity index (χ2v) is 4.96. The molecule has 108 valence electrons. The van der Waals surface area contributed by atoms with Crippen LogP contribution in [0.25, 0.3) is 0 Å². The molecule has 0 heterocycles. The zero-order valence-corrected chi connectivity index (χ0v) is 11.8. The molecular weight excluding hydrogens is 252 g/mol. The molecule has 0 bridgehead atoms. The van der Waals surface area contributed by atoms with Crippen molar-refractivity contribution in [3.05, 3.63) is 0 Å². The van der Waals surface area contributed by atoms with E-state index in [1.807, 2.05) is 0 Å². The monoisotopic (exact) mass is 272 g/mol. The predicted octanol–water partition coefficient (Wildman–Crippen LogP) is 1.20. The summed E-state index contributed by atoms with van der Waals surface area (Å²) in [5.41, 5.74) is -0.830. The second kappa shape index (κ2) is 7.66. The maximum atomic E-state index is 11.3. The van der Waals surface area contributed by atoms with Gasteiger partial charge < -0.3 is 9.47 Å². The van der Waals surface area contributed by atoms with Crippen molar-refractivity contribution in [3.8, 4) is 0 Å². The third-order valence-electron chi connectivity index (χ3n) is 2.14. The van der Waals surface area contributed by atoms with Crippen molar-refractivity contribution in [2.45, 2.75) is 52.6 Å². The summed E-state index contributed by atoms with van der Waals surface area (Å²) in [6.45, 7) is 5.96. The van der Waals surface area contributed by atoms with Crippen LogP contribution in [0.2, 0.25) is 0 Å². The van der Waals surface area contributed by atoms with E-state index in [-0.39, 0.29) is 31.0 Å². The Morgan fingerprint density at radius 2 is 1.37 bits per heavy atom. The largest absolute Gasteiger partial charge is 0.465 e. The molecule has 6 heteroatoms. The summed E-state index contributed by atoms with van der Waals surface area (Å²) in [6, 6.07) is 0. The van der Waals surface area contributed by atoms with Crippen LogP contribution in [-0.2, 0) is 28.7 Å². The van der Waals surface area contributed by atoms with Crippen molar-refractivity contribution in [1.82, 2.24) is 0 Å². The molecule has 0 amide bonds. The summed E-state index contributed by atoms with van der Waals surface area (Å²) < 4.78 is 9.93. The van der Waals surface area contributed by atoms with Gasteiger partial charge in [-0.2, -0.15) is 0 Å². The fourth-order valence-corrected chi connectivity index (χ4v) is 1.26. The van der Waals surface area contributed by atoms with E-state index in [4.69, 9.17) is 9.47 Å². The van der Waals surface area contributed by atoms with Crippen molar-refractivity contribution < 1.29 is 28.7 Å². The van der Waals surface area contributed by atoms with Crippen LogP contribution in [-0.4, -0.2) is 35.7 Å². The minimum Gasteiger partial charge on any atom is -0.465 e. The first-order valence-electron chi connectivity index (χ1n) is 5.99. The molecule has 0 aromatic heterocycles. The van der Waals surface area contributed by atoms with Gasteiger partial charge in [0.05, 0.1) is 6.61 Å². The van der Waals surface area contributed by atoms with Gasteiger partial charge in [0.2, 0.25) is 0 Å². The van der Waals surface area contributed by atoms with Gasteiger partial charge in [0.25, 0.3) is 0 Å². The number of carbonyl (C=O) groups is 4. The second-order valence-electron chi connectivity index (χ2n) is 4.96. The number of hydrogen-bond acceptors (Lipinski definition) is 6. The van der Waals surface area contributed by atoms with Crippen LogP contribution in [0.1, 0.15) is 47.0 Å². The smallest absolute Gasteiger partial charge is 0.313 e. The number of ketones is 2. The van der Waals surface area contributed by atoms with Crippen LogP contribution in [0, 0.1) is 0 Å². The Bertz CT molecular complexity index is 369. The average Bonchev–Trinajstić information content (AvgIpc) is 2.12. The van der Waals surface area contributed by atoms with E-state index in [0.717, 1.165) is 0 Å². The number of Topliss-reactive ketones (excluding diaryl/α,β-unsaturated/α-hetero) is 2. The first-order valence-corrected chi connectivity index (χ1v) is 5.99. The van der Waals surface area contributed by atoms with E-state index in [0.29, 0.717) is 6.42 Å². The lowest BCUT2D eigenvalue weighted by molar-refractivity contribution is -0.159. The van der Waals surface area contributed by atoms with Gasteiger partial charge in [-0.25, -0.2) is 0 Å². The molecule has 0 unspecified atom stereocenters. The maximum Gasteiger partial charge on any atom is 0.313 e. The molecule has 19 heavy (non-hydrogen) atoms. The van der Waals surface area contributed by atoms with Gasteiger partial charge in [-0.05, 0) is 27.7 Å². The zero-order chi connectivity index (χ0) is 15.1. The highest BCUT2D eigenvalue weighted by atomic mass is 16.6. The zero-order valence-electron chi connectivity index (χ0n) is 11.8. The molecule has 0 aromatic rings. The van der Waals surface area contributed by atoms with Gasteiger partial charge in [-0.1, -0.05) is 0 Å². The molecule has 0 aliphatic carbocycles. The van der Waals surface area contributed by atoms with Crippen LogP contribution >= 0.6 is 0 Å². The summed E-state index contributed by atoms with van der Waals surface area (Å²) >= 11 is 0. The van der Waals surface area contributed by atoms with Gasteiger partial charge >= 0.3 is 11.9 Å². The molecule has 0 aliphatic rings. The fraction of sp³-hybridized carbons (Fsp3) is 0.692. The number of rotatable bonds is 8. The highest BCUT2D eigenvalue weighted by Crippen LogP contribution is 2.15. The van der Waals surface area contributed by atoms with Crippen molar-refractivity contribution in [2.24, 2.45) is 0 Å². The molecule has 0 atom stereocenters. The van der Waals surface area contributed by atoms with Crippen LogP contribution in [0.15, 0.2) is 0 Å². The quantitative estimate of drug-likeness (QED) is 0.487. The average molecular weight is 272 g/mol. The van der Waals surface area contributed by atoms with Crippen molar-refractivity contribution in [2.75, 3.05) is 6.61 Å². The molecule has 0 saturated carbocycles. The predicted molar refractivity (Wildman–Crippen MR) is 66.3 cm³/mol. The maximum absolute atomic E-state index is 11.3. The number of hydrogen-bond donors (Lipinski definition) is 0. The van der Waals surface area contributed by atoms with Crippen LogP contribution in [0.3, 0.4) is 0 Å². The summed E-state index contributed by atoms with van der Waals surface area (Å²) in [5, 5.41) is 0. The summed E-state index contributed by atoms with van der Waals surface area (Å²) in [4.78, 5) is 43.8. The molecule has 0 aliphatic heterocycles. The van der Waals surface area contributed by atoms with Gasteiger partial charge in [-0.3, -0.25) is 19.2 Å². The van der Waals surface area contributed by atoms with Crippen molar-refractivity contribution in [3.63, 3.8) is 0 Å². The Kier molecular flexibility index (Phi) is 6.96. The standard InChI is InChI=1S/C13H20O6/c1-9(14)7-11(16)18-6-5-13(3,4)19-12(17)8-10(2)15/h5-8H2,1-4H3.